The molecule has 0 saturated carbocycles. The Morgan fingerprint density at radius 3 is 2.23 bits per heavy atom. The third-order valence-corrected chi connectivity index (χ3v) is 6.72. The number of hydrogen-bond acceptors (Lipinski definition) is 4. The van der Waals surface area contributed by atoms with Gasteiger partial charge in [0.25, 0.3) is 0 Å². The van der Waals surface area contributed by atoms with Crippen LogP contribution < -0.4 is 9.62 Å². The Labute approximate surface area is 179 Å². The van der Waals surface area contributed by atoms with Crippen molar-refractivity contribution in [2.45, 2.75) is 39.8 Å². The molecule has 0 bridgehead atoms. The van der Waals surface area contributed by atoms with Gasteiger partial charge >= 0.3 is 0 Å². The highest BCUT2D eigenvalue weighted by molar-refractivity contribution is 7.92. The molecule has 1 saturated heterocycles. The largest absolute Gasteiger partial charge is 0.350 e. The average Bonchev–Trinajstić information content (AvgIpc) is 3.20. The second-order valence-electron chi connectivity index (χ2n) is 8.11. The number of amides is 1. The summed E-state index contributed by atoms with van der Waals surface area (Å²) in [4.78, 5) is 14.9. The number of anilines is 1. The molecule has 1 heterocycles. The Hall–Kier alpha value is -2.38. The number of nitrogens with zero attached hydrogens (tertiary/aromatic N) is 2. The van der Waals surface area contributed by atoms with Gasteiger partial charge in [0, 0.05) is 13.1 Å². The molecule has 7 heteroatoms. The summed E-state index contributed by atoms with van der Waals surface area (Å²) in [5, 5.41) is 2.83. The lowest BCUT2D eigenvalue weighted by atomic mass is 10.1. The highest BCUT2D eigenvalue weighted by atomic mass is 32.2. The summed E-state index contributed by atoms with van der Waals surface area (Å²) >= 11 is 0. The van der Waals surface area contributed by atoms with Gasteiger partial charge in [-0.2, -0.15) is 0 Å². The molecule has 1 amide bonds. The molecule has 6 nitrogen and oxygen atoms in total. The highest BCUT2D eigenvalue weighted by Gasteiger charge is 2.21. The minimum absolute atomic E-state index is 0.242. The van der Waals surface area contributed by atoms with Gasteiger partial charge in [-0.1, -0.05) is 30.3 Å². The zero-order valence-corrected chi connectivity index (χ0v) is 18.8. The standard InChI is InChI=1S/C23H31N3O3S/c1-18-6-11-22(14-19(18)2)26(30(3,28)29)17-23(27)24-15-20-7-9-21(10-8-20)16-25-12-4-5-13-25/h6-11,14H,4-5,12-13,15-17H2,1-3H3,(H,24,27). The molecule has 162 valence electrons. The fourth-order valence-corrected chi connectivity index (χ4v) is 4.48. The first-order valence-corrected chi connectivity index (χ1v) is 12.2. The first-order valence-electron chi connectivity index (χ1n) is 10.3. The lowest BCUT2D eigenvalue weighted by Crippen LogP contribution is -2.40. The number of carbonyl (C=O) groups excluding carboxylic acids is 1. The van der Waals surface area contributed by atoms with E-state index in [-0.39, 0.29) is 12.5 Å². The molecule has 0 aliphatic carbocycles. The lowest BCUT2D eigenvalue weighted by molar-refractivity contribution is -0.119. The van der Waals surface area contributed by atoms with Crippen LogP contribution in [0.5, 0.6) is 0 Å². The Morgan fingerprint density at radius 2 is 1.63 bits per heavy atom. The Morgan fingerprint density at radius 1 is 1.00 bits per heavy atom. The molecule has 1 aliphatic rings. The molecule has 2 aromatic carbocycles. The molecular formula is C23H31N3O3S. The van der Waals surface area contributed by atoms with Crippen LogP contribution in [-0.2, 0) is 27.9 Å². The van der Waals surface area contributed by atoms with Crippen molar-refractivity contribution < 1.29 is 13.2 Å². The number of hydrogen-bond donors (Lipinski definition) is 1. The zero-order valence-electron chi connectivity index (χ0n) is 18.0. The second-order valence-corrected chi connectivity index (χ2v) is 10.0. The smallest absolute Gasteiger partial charge is 0.241 e. The van der Waals surface area contributed by atoms with Crippen LogP contribution in [0, 0.1) is 13.8 Å². The molecule has 1 fully saturated rings. The van der Waals surface area contributed by atoms with E-state index in [9.17, 15) is 13.2 Å². The Bertz CT molecular complexity index is 981. The maximum absolute atomic E-state index is 12.5. The summed E-state index contributed by atoms with van der Waals surface area (Å²) in [7, 11) is -3.57. The van der Waals surface area contributed by atoms with Crippen LogP contribution in [0.25, 0.3) is 0 Å². The van der Waals surface area contributed by atoms with Gasteiger partial charge < -0.3 is 5.32 Å². The molecule has 30 heavy (non-hydrogen) atoms. The summed E-state index contributed by atoms with van der Waals surface area (Å²) in [5.41, 5.74) is 4.82. The van der Waals surface area contributed by atoms with Crippen molar-refractivity contribution in [1.29, 1.82) is 0 Å². The van der Waals surface area contributed by atoms with Crippen LogP contribution in [0.2, 0.25) is 0 Å². The lowest BCUT2D eigenvalue weighted by Gasteiger charge is -2.22. The maximum Gasteiger partial charge on any atom is 0.241 e. The second kappa shape index (κ2) is 9.62. The first kappa shape index (κ1) is 22.3. The van der Waals surface area contributed by atoms with E-state index in [1.54, 1.807) is 12.1 Å². The SMILES string of the molecule is Cc1ccc(N(CC(=O)NCc2ccc(CN3CCCC3)cc2)S(C)(=O)=O)cc1C. The number of carbonyl (C=O) groups is 1. The number of nitrogens with one attached hydrogen (secondary N) is 1. The number of sulfonamides is 1. The third-order valence-electron chi connectivity index (χ3n) is 5.58. The van der Waals surface area contributed by atoms with E-state index >= 15 is 0 Å². The van der Waals surface area contributed by atoms with Gasteiger partial charge in [-0.3, -0.25) is 14.0 Å². The van der Waals surface area contributed by atoms with Gasteiger partial charge in [0.05, 0.1) is 11.9 Å². The molecule has 0 atom stereocenters. The fourth-order valence-electron chi connectivity index (χ4n) is 3.63. The van der Waals surface area contributed by atoms with E-state index in [2.05, 4.69) is 22.3 Å². The number of rotatable bonds is 8. The topological polar surface area (TPSA) is 69.7 Å². The molecule has 1 N–H and O–H groups in total. The van der Waals surface area contributed by atoms with E-state index in [1.807, 2.05) is 32.0 Å². The molecule has 3 rings (SSSR count). The molecular weight excluding hydrogens is 398 g/mol. The molecule has 2 aromatic rings. The predicted octanol–water partition coefficient (Wildman–Crippen LogP) is 2.98. The summed E-state index contributed by atoms with van der Waals surface area (Å²) < 4.78 is 25.7. The van der Waals surface area contributed by atoms with Gasteiger partial charge in [0.15, 0.2) is 0 Å². The van der Waals surface area contributed by atoms with Gasteiger partial charge in [-0.15, -0.1) is 0 Å². The number of likely N-dealkylation sites (tertiary alicyclic amines) is 1. The average molecular weight is 430 g/mol. The van der Waals surface area contributed by atoms with Crippen LogP contribution in [0.1, 0.15) is 35.1 Å². The van der Waals surface area contributed by atoms with E-state index in [0.717, 1.165) is 46.9 Å². The Kier molecular flexibility index (Phi) is 7.15. The predicted molar refractivity (Wildman–Crippen MR) is 121 cm³/mol. The van der Waals surface area contributed by atoms with E-state index in [1.165, 1.54) is 18.4 Å². The molecule has 0 radical (unpaired) electrons. The summed E-state index contributed by atoms with van der Waals surface area (Å²) in [6, 6.07) is 13.6. The Balaban J connectivity index is 1.58. The van der Waals surface area contributed by atoms with Crippen LogP contribution in [0.4, 0.5) is 5.69 Å². The van der Waals surface area contributed by atoms with Crippen LogP contribution in [-0.4, -0.2) is 45.1 Å². The quantitative estimate of drug-likeness (QED) is 0.700. The van der Waals surface area contributed by atoms with Crippen molar-refractivity contribution in [3.05, 3.63) is 64.7 Å². The van der Waals surface area contributed by atoms with Gasteiger partial charge in [0.2, 0.25) is 15.9 Å². The minimum Gasteiger partial charge on any atom is -0.350 e. The van der Waals surface area contributed by atoms with Crippen molar-refractivity contribution in [2.24, 2.45) is 0 Å². The summed E-state index contributed by atoms with van der Waals surface area (Å²) in [5.74, 6) is -0.334. The number of benzene rings is 2. The number of aryl methyl sites for hydroxylation is 2. The summed E-state index contributed by atoms with van der Waals surface area (Å²) in [6.45, 7) is 7.30. The van der Waals surface area contributed by atoms with E-state index in [4.69, 9.17) is 0 Å². The van der Waals surface area contributed by atoms with Gasteiger partial charge in [0.1, 0.15) is 6.54 Å². The van der Waals surface area contributed by atoms with Crippen LogP contribution in [0.3, 0.4) is 0 Å². The first-order chi connectivity index (χ1) is 14.2. The van der Waals surface area contributed by atoms with Gasteiger partial charge in [-0.25, -0.2) is 8.42 Å². The van der Waals surface area contributed by atoms with Crippen LogP contribution in [0.15, 0.2) is 42.5 Å². The molecule has 0 aromatic heterocycles. The zero-order chi connectivity index (χ0) is 21.7. The normalized spacial score (nSPS) is 14.6. The monoisotopic (exact) mass is 429 g/mol. The van der Waals surface area contributed by atoms with Crippen molar-refractivity contribution in [1.82, 2.24) is 10.2 Å². The van der Waals surface area contributed by atoms with Gasteiger partial charge in [-0.05, 0) is 74.2 Å². The fraction of sp³-hybridized carbons (Fsp3) is 0.435. The molecule has 1 aliphatic heterocycles. The minimum atomic E-state index is -3.57. The third kappa shape index (κ3) is 6.06. The van der Waals surface area contributed by atoms with Crippen molar-refractivity contribution in [2.75, 3.05) is 30.2 Å². The van der Waals surface area contributed by atoms with Crippen LogP contribution >= 0.6 is 0 Å². The van der Waals surface area contributed by atoms with E-state index < -0.39 is 10.0 Å². The molecule has 0 spiro atoms. The maximum atomic E-state index is 12.5. The molecule has 0 unspecified atom stereocenters. The van der Waals surface area contributed by atoms with Crippen molar-refractivity contribution in [3.63, 3.8) is 0 Å². The van der Waals surface area contributed by atoms with Crippen molar-refractivity contribution in [3.8, 4) is 0 Å². The van der Waals surface area contributed by atoms with E-state index in [0.29, 0.717) is 12.2 Å². The highest BCUT2D eigenvalue weighted by Crippen LogP contribution is 2.21. The summed E-state index contributed by atoms with van der Waals surface area (Å²) in [6.07, 6.45) is 3.67. The van der Waals surface area contributed by atoms with Crippen molar-refractivity contribution >= 4 is 21.6 Å².